The van der Waals surface area contributed by atoms with Gasteiger partial charge in [0.1, 0.15) is 4.88 Å². The molecule has 0 spiro atoms. The lowest BCUT2D eigenvalue weighted by Crippen LogP contribution is -2.29. The molecule has 5 nitrogen and oxygen atoms in total. The molecule has 19 heavy (non-hydrogen) atoms. The van der Waals surface area contributed by atoms with Crippen molar-refractivity contribution in [1.82, 2.24) is 4.72 Å². The molecule has 2 N–H and O–H groups in total. The first-order valence-corrected chi connectivity index (χ1v) is 9.26. The number of carbonyl (C=O) groups is 1. The Labute approximate surface area is 120 Å². The second kappa shape index (κ2) is 5.82. The lowest BCUT2D eigenvalue weighted by Gasteiger charge is -2.10. The lowest BCUT2D eigenvalue weighted by atomic mass is 10.1. The summed E-state index contributed by atoms with van der Waals surface area (Å²) in [6.45, 7) is 2.05. The molecule has 0 aromatic carbocycles. The van der Waals surface area contributed by atoms with Crippen LogP contribution in [-0.4, -0.2) is 37.5 Å². The van der Waals surface area contributed by atoms with E-state index in [4.69, 9.17) is 5.11 Å². The normalized spacial score (nSPS) is 19.7. The van der Waals surface area contributed by atoms with Crippen molar-refractivity contribution < 1.29 is 18.3 Å². The van der Waals surface area contributed by atoms with E-state index < -0.39 is 16.0 Å². The Morgan fingerprint density at radius 3 is 2.84 bits per heavy atom. The fraction of sp³-hybridized carbons (Fsp3) is 0.545. The number of rotatable bonds is 5. The molecule has 1 unspecified atom stereocenters. The summed E-state index contributed by atoms with van der Waals surface area (Å²) in [6, 6.07) is 1.23. The molecule has 1 aliphatic heterocycles. The van der Waals surface area contributed by atoms with E-state index in [0.717, 1.165) is 29.3 Å². The first-order valence-electron chi connectivity index (χ1n) is 5.81. The topological polar surface area (TPSA) is 83.5 Å². The number of sulfonamides is 1. The Kier molecular flexibility index (Phi) is 4.54. The van der Waals surface area contributed by atoms with Crippen LogP contribution in [-0.2, 0) is 10.0 Å². The number of hydrogen-bond donors (Lipinski definition) is 2. The molecule has 0 radical (unpaired) electrons. The van der Waals surface area contributed by atoms with E-state index in [1.807, 2.05) is 11.8 Å². The van der Waals surface area contributed by atoms with Crippen molar-refractivity contribution in [3.8, 4) is 0 Å². The van der Waals surface area contributed by atoms with E-state index in [2.05, 4.69) is 4.72 Å². The number of nitrogens with one attached hydrogen (secondary N) is 1. The predicted molar refractivity (Wildman–Crippen MR) is 76.6 cm³/mol. The Balaban J connectivity index is 2.12. The first kappa shape index (κ1) is 14.8. The maximum atomic E-state index is 12.1. The fourth-order valence-corrected chi connectivity index (χ4v) is 5.72. The zero-order chi connectivity index (χ0) is 14.0. The highest BCUT2D eigenvalue weighted by atomic mass is 32.2. The van der Waals surface area contributed by atoms with E-state index in [1.54, 1.807) is 6.92 Å². The number of thioether (sulfide) groups is 1. The van der Waals surface area contributed by atoms with Gasteiger partial charge in [0.15, 0.2) is 0 Å². The molecule has 2 heterocycles. The number of hydrogen-bond acceptors (Lipinski definition) is 5. The molecule has 1 aliphatic rings. The predicted octanol–water partition coefficient (Wildman–Crippen LogP) is 1.79. The molecule has 1 atom stereocenters. The third-order valence-corrected chi connectivity index (χ3v) is 6.91. The average Bonchev–Trinajstić information content (AvgIpc) is 2.95. The van der Waals surface area contributed by atoms with Gasteiger partial charge in [0, 0.05) is 11.4 Å². The summed E-state index contributed by atoms with van der Waals surface area (Å²) in [7, 11) is -3.60. The van der Waals surface area contributed by atoms with E-state index in [1.165, 1.54) is 6.07 Å². The summed E-state index contributed by atoms with van der Waals surface area (Å²) in [6.07, 6.45) is 1.02. The number of aryl methyl sites for hydroxylation is 1. The highest BCUT2D eigenvalue weighted by Gasteiger charge is 2.24. The standard InChI is InChI=1S/C11H15NO4S3/c1-7-10(4-9(18-7)11(13)14)19(15,16)12-5-8-2-3-17-6-8/h4,8,12H,2-3,5-6H2,1H3,(H,13,14). The molecule has 1 aromatic rings. The van der Waals surface area contributed by atoms with Gasteiger partial charge in [-0.1, -0.05) is 0 Å². The highest BCUT2D eigenvalue weighted by Crippen LogP contribution is 2.27. The summed E-state index contributed by atoms with van der Waals surface area (Å²) in [5.41, 5.74) is 0. The third-order valence-electron chi connectivity index (χ3n) is 2.96. The molecular weight excluding hydrogens is 306 g/mol. The van der Waals surface area contributed by atoms with Crippen LogP contribution in [0.15, 0.2) is 11.0 Å². The quantitative estimate of drug-likeness (QED) is 0.864. The summed E-state index contributed by atoms with van der Waals surface area (Å²) in [4.78, 5) is 11.5. The van der Waals surface area contributed by atoms with Crippen LogP contribution in [0.2, 0.25) is 0 Å². The summed E-state index contributed by atoms with van der Waals surface area (Å²) < 4.78 is 26.9. The van der Waals surface area contributed by atoms with Crippen LogP contribution in [0.5, 0.6) is 0 Å². The smallest absolute Gasteiger partial charge is 0.345 e. The SMILES string of the molecule is Cc1sc(C(=O)O)cc1S(=O)(=O)NCC1CCSC1. The van der Waals surface area contributed by atoms with Gasteiger partial charge in [-0.25, -0.2) is 17.9 Å². The Morgan fingerprint density at radius 2 is 2.32 bits per heavy atom. The van der Waals surface area contributed by atoms with Crippen LogP contribution in [0, 0.1) is 12.8 Å². The molecule has 1 saturated heterocycles. The second-order valence-corrected chi connectivity index (χ2v) is 8.56. The van der Waals surface area contributed by atoms with Crippen molar-refractivity contribution in [2.24, 2.45) is 5.92 Å². The Morgan fingerprint density at radius 1 is 1.58 bits per heavy atom. The zero-order valence-electron chi connectivity index (χ0n) is 10.4. The van der Waals surface area contributed by atoms with Crippen LogP contribution in [0.1, 0.15) is 21.0 Å². The molecule has 2 rings (SSSR count). The van der Waals surface area contributed by atoms with Crippen molar-refractivity contribution in [2.75, 3.05) is 18.1 Å². The van der Waals surface area contributed by atoms with E-state index in [9.17, 15) is 13.2 Å². The van der Waals surface area contributed by atoms with E-state index in [0.29, 0.717) is 17.3 Å². The minimum Gasteiger partial charge on any atom is -0.477 e. The van der Waals surface area contributed by atoms with Crippen LogP contribution >= 0.6 is 23.1 Å². The van der Waals surface area contributed by atoms with E-state index in [-0.39, 0.29) is 9.77 Å². The van der Waals surface area contributed by atoms with Crippen LogP contribution < -0.4 is 4.72 Å². The molecule has 106 valence electrons. The number of carboxylic acid groups (broad SMARTS) is 1. The summed E-state index contributed by atoms with van der Waals surface area (Å²) in [5.74, 6) is 1.33. The first-order chi connectivity index (χ1) is 8.90. The third kappa shape index (κ3) is 3.50. The maximum absolute atomic E-state index is 12.1. The molecule has 8 heteroatoms. The fourth-order valence-electron chi connectivity index (χ4n) is 1.89. The van der Waals surface area contributed by atoms with Crippen molar-refractivity contribution in [1.29, 1.82) is 0 Å². The van der Waals surface area contributed by atoms with Crippen molar-refractivity contribution >= 4 is 39.1 Å². The highest BCUT2D eigenvalue weighted by molar-refractivity contribution is 7.99. The largest absolute Gasteiger partial charge is 0.477 e. The van der Waals surface area contributed by atoms with Crippen molar-refractivity contribution in [2.45, 2.75) is 18.2 Å². The molecule has 0 bridgehead atoms. The van der Waals surface area contributed by atoms with Gasteiger partial charge < -0.3 is 5.11 Å². The molecule has 0 aliphatic carbocycles. The summed E-state index contributed by atoms with van der Waals surface area (Å²) >= 11 is 2.81. The number of aromatic carboxylic acids is 1. The van der Waals surface area contributed by atoms with Gasteiger partial charge in [-0.05, 0) is 36.8 Å². The minimum atomic E-state index is -3.60. The average molecular weight is 321 g/mol. The van der Waals surface area contributed by atoms with Gasteiger partial charge in [-0.3, -0.25) is 0 Å². The molecule has 0 amide bonds. The Bertz CT molecular complexity index is 573. The van der Waals surface area contributed by atoms with Gasteiger partial charge in [0.25, 0.3) is 0 Å². The number of carboxylic acids is 1. The molecule has 1 aromatic heterocycles. The van der Waals surface area contributed by atoms with Crippen LogP contribution in [0.3, 0.4) is 0 Å². The van der Waals surface area contributed by atoms with Gasteiger partial charge in [-0.2, -0.15) is 11.8 Å². The van der Waals surface area contributed by atoms with Gasteiger partial charge >= 0.3 is 5.97 Å². The van der Waals surface area contributed by atoms with E-state index >= 15 is 0 Å². The molecular formula is C11H15NO4S3. The molecule has 1 fully saturated rings. The van der Waals surface area contributed by atoms with Crippen LogP contribution in [0.4, 0.5) is 0 Å². The van der Waals surface area contributed by atoms with Gasteiger partial charge in [0.05, 0.1) is 4.90 Å². The minimum absolute atomic E-state index is 0.0503. The van der Waals surface area contributed by atoms with Crippen molar-refractivity contribution in [3.05, 3.63) is 15.8 Å². The monoisotopic (exact) mass is 321 g/mol. The van der Waals surface area contributed by atoms with Crippen molar-refractivity contribution in [3.63, 3.8) is 0 Å². The number of thiophene rings is 1. The molecule has 0 saturated carbocycles. The van der Waals surface area contributed by atoms with Gasteiger partial charge in [-0.15, -0.1) is 11.3 Å². The maximum Gasteiger partial charge on any atom is 0.345 e. The second-order valence-electron chi connectivity index (χ2n) is 4.42. The zero-order valence-corrected chi connectivity index (χ0v) is 12.8. The lowest BCUT2D eigenvalue weighted by molar-refractivity contribution is 0.0702. The summed E-state index contributed by atoms with van der Waals surface area (Å²) in [5, 5.41) is 8.88. The van der Waals surface area contributed by atoms with Crippen LogP contribution in [0.25, 0.3) is 0 Å². The Hall–Kier alpha value is -0.570. The van der Waals surface area contributed by atoms with Gasteiger partial charge in [0.2, 0.25) is 10.0 Å².